The van der Waals surface area contributed by atoms with Crippen LogP contribution < -0.4 is 10.6 Å². The lowest BCUT2D eigenvalue weighted by atomic mass is 10.1. The summed E-state index contributed by atoms with van der Waals surface area (Å²) in [6, 6.07) is 14.1. The number of anilines is 2. The predicted octanol–water partition coefficient (Wildman–Crippen LogP) is 4.08. The summed E-state index contributed by atoms with van der Waals surface area (Å²) in [7, 11) is 0. The standard InChI is InChI=1S/C21H22N4O/c1-14-7-4-5-10-17(14)11-24-21(26)18-12-23-19(13-22-18)25-20-15(2)8-6-9-16(20)3/h4-10,12-13H,11H2,1-3H3,(H,23,25)(H,24,26). The molecule has 3 aromatic rings. The van der Waals surface area contributed by atoms with Crippen LogP contribution in [0, 0.1) is 20.8 Å². The van der Waals surface area contributed by atoms with Crippen LogP contribution in [0.25, 0.3) is 0 Å². The number of amides is 1. The van der Waals surface area contributed by atoms with Crippen LogP contribution in [0.15, 0.2) is 54.9 Å². The molecule has 0 saturated heterocycles. The Morgan fingerprint density at radius 2 is 1.58 bits per heavy atom. The third-order valence-electron chi connectivity index (χ3n) is 4.32. The van der Waals surface area contributed by atoms with Crippen LogP contribution in [-0.2, 0) is 6.54 Å². The van der Waals surface area contributed by atoms with Crippen LogP contribution in [0.4, 0.5) is 11.5 Å². The molecular weight excluding hydrogens is 324 g/mol. The van der Waals surface area contributed by atoms with Crippen LogP contribution >= 0.6 is 0 Å². The maximum absolute atomic E-state index is 12.3. The molecule has 26 heavy (non-hydrogen) atoms. The van der Waals surface area contributed by atoms with E-state index in [1.54, 1.807) is 6.20 Å². The highest BCUT2D eigenvalue weighted by Gasteiger charge is 2.09. The van der Waals surface area contributed by atoms with Gasteiger partial charge in [-0.1, -0.05) is 42.5 Å². The quantitative estimate of drug-likeness (QED) is 0.731. The Balaban J connectivity index is 1.65. The van der Waals surface area contributed by atoms with E-state index in [0.29, 0.717) is 18.1 Å². The molecule has 0 fully saturated rings. The number of carbonyl (C=O) groups is 1. The van der Waals surface area contributed by atoms with E-state index in [1.807, 2.05) is 63.2 Å². The molecule has 1 aromatic heterocycles. The fourth-order valence-corrected chi connectivity index (χ4v) is 2.72. The van der Waals surface area contributed by atoms with Crippen molar-refractivity contribution >= 4 is 17.4 Å². The predicted molar refractivity (Wildman–Crippen MR) is 104 cm³/mol. The first kappa shape index (κ1) is 17.6. The molecule has 0 aliphatic rings. The Morgan fingerprint density at radius 1 is 0.885 bits per heavy atom. The molecule has 0 spiro atoms. The molecule has 0 aliphatic carbocycles. The first-order valence-corrected chi connectivity index (χ1v) is 8.52. The second kappa shape index (κ2) is 7.78. The number of carbonyl (C=O) groups excluding carboxylic acids is 1. The Kier molecular flexibility index (Phi) is 5.27. The van der Waals surface area contributed by atoms with Gasteiger partial charge in [0.15, 0.2) is 0 Å². The zero-order valence-electron chi connectivity index (χ0n) is 15.2. The number of nitrogens with one attached hydrogen (secondary N) is 2. The first-order chi connectivity index (χ1) is 12.5. The molecular formula is C21H22N4O. The van der Waals surface area contributed by atoms with Gasteiger partial charge in [0.1, 0.15) is 11.5 Å². The SMILES string of the molecule is Cc1ccccc1CNC(=O)c1cnc(Nc2c(C)cccc2C)cn1. The van der Waals surface area contributed by atoms with Crippen molar-refractivity contribution in [2.24, 2.45) is 0 Å². The minimum atomic E-state index is -0.237. The highest BCUT2D eigenvalue weighted by Crippen LogP contribution is 2.22. The van der Waals surface area contributed by atoms with Crippen LogP contribution in [0.5, 0.6) is 0 Å². The molecule has 0 atom stereocenters. The molecule has 0 bridgehead atoms. The number of hydrogen-bond donors (Lipinski definition) is 2. The average molecular weight is 346 g/mol. The van der Waals surface area contributed by atoms with Crippen LogP contribution in [0.1, 0.15) is 32.7 Å². The van der Waals surface area contributed by atoms with Crippen molar-refractivity contribution in [2.45, 2.75) is 27.3 Å². The van der Waals surface area contributed by atoms with Crippen LogP contribution in [0.2, 0.25) is 0 Å². The summed E-state index contributed by atoms with van der Waals surface area (Å²) < 4.78 is 0. The van der Waals surface area contributed by atoms with Crippen LogP contribution in [0.3, 0.4) is 0 Å². The lowest BCUT2D eigenvalue weighted by Crippen LogP contribution is -2.24. The fourth-order valence-electron chi connectivity index (χ4n) is 2.72. The molecule has 0 aliphatic heterocycles. The van der Waals surface area contributed by atoms with Crippen molar-refractivity contribution in [3.05, 3.63) is 82.8 Å². The normalized spacial score (nSPS) is 10.4. The van der Waals surface area contributed by atoms with E-state index in [-0.39, 0.29) is 5.91 Å². The molecule has 0 unspecified atom stereocenters. The Bertz CT molecular complexity index is 899. The number of nitrogens with zero attached hydrogens (tertiary/aromatic N) is 2. The van der Waals surface area contributed by atoms with Gasteiger partial charge in [-0.25, -0.2) is 9.97 Å². The van der Waals surface area contributed by atoms with E-state index < -0.39 is 0 Å². The van der Waals surface area contributed by atoms with Crippen LogP contribution in [-0.4, -0.2) is 15.9 Å². The summed E-state index contributed by atoms with van der Waals surface area (Å²) in [4.78, 5) is 20.8. The van der Waals surface area contributed by atoms with E-state index in [0.717, 1.165) is 27.9 Å². The molecule has 0 radical (unpaired) electrons. The average Bonchev–Trinajstić information content (AvgIpc) is 2.64. The maximum Gasteiger partial charge on any atom is 0.271 e. The summed E-state index contributed by atoms with van der Waals surface area (Å²) in [5.41, 5.74) is 5.80. The third kappa shape index (κ3) is 4.06. The summed E-state index contributed by atoms with van der Waals surface area (Å²) in [5.74, 6) is 0.372. The number of aryl methyl sites for hydroxylation is 3. The van der Waals surface area contributed by atoms with Crippen molar-refractivity contribution in [3.8, 4) is 0 Å². The van der Waals surface area contributed by atoms with Gasteiger partial charge in [0.2, 0.25) is 0 Å². The summed E-state index contributed by atoms with van der Waals surface area (Å²) >= 11 is 0. The number of rotatable bonds is 5. The first-order valence-electron chi connectivity index (χ1n) is 8.52. The lowest BCUT2D eigenvalue weighted by molar-refractivity contribution is 0.0945. The Hall–Kier alpha value is -3.21. The van der Waals surface area contributed by atoms with Crippen molar-refractivity contribution in [2.75, 3.05) is 5.32 Å². The molecule has 1 heterocycles. The molecule has 3 rings (SSSR count). The van der Waals surface area contributed by atoms with Gasteiger partial charge in [0.25, 0.3) is 5.91 Å². The molecule has 2 N–H and O–H groups in total. The third-order valence-corrected chi connectivity index (χ3v) is 4.32. The minimum absolute atomic E-state index is 0.237. The van der Waals surface area contributed by atoms with E-state index in [9.17, 15) is 4.79 Å². The van der Waals surface area contributed by atoms with E-state index >= 15 is 0 Å². The van der Waals surface area contributed by atoms with Gasteiger partial charge in [-0.2, -0.15) is 0 Å². The fraction of sp³-hybridized carbons (Fsp3) is 0.190. The van der Waals surface area contributed by atoms with Crippen molar-refractivity contribution in [1.82, 2.24) is 15.3 Å². The van der Waals surface area contributed by atoms with Crippen molar-refractivity contribution < 1.29 is 4.79 Å². The maximum atomic E-state index is 12.3. The van der Waals surface area contributed by atoms with E-state index in [1.165, 1.54) is 6.20 Å². The molecule has 1 amide bonds. The van der Waals surface area contributed by atoms with Gasteiger partial charge in [-0.3, -0.25) is 4.79 Å². The lowest BCUT2D eigenvalue weighted by Gasteiger charge is -2.12. The highest BCUT2D eigenvalue weighted by atomic mass is 16.1. The van der Waals surface area contributed by atoms with Crippen molar-refractivity contribution in [1.29, 1.82) is 0 Å². The van der Waals surface area contributed by atoms with Gasteiger partial charge in [-0.05, 0) is 43.0 Å². The smallest absolute Gasteiger partial charge is 0.271 e. The van der Waals surface area contributed by atoms with E-state index in [4.69, 9.17) is 0 Å². The number of aromatic nitrogens is 2. The van der Waals surface area contributed by atoms with Gasteiger partial charge < -0.3 is 10.6 Å². The summed E-state index contributed by atoms with van der Waals surface area (Å²) in [6.45, 7) is 6.57. The minimum Gasteiger partial charge on any atom is -0.347 e. The molecule has 0 saturated carbocycles. The van der Waals surface area contributed by atoms with Gasteiger partial charge in [-0.15, -0.1) is 0 Å². The molecule has 132 valence electrons. The van der Waals surface area contributed by atoms with Gasteiger partial charge in [0, 0.05) is 12.2 Å². The molecule has 5 heteroatoms. The highest BCUT2D eigenvalue weighted by molar-refractivity contribution is 5.92. The molecule has 5 nitrogen and oxygen atoms in total. The largest absolute Gasteiger partial charge is 0.347 e. The number of hydrogen-bond acceptors (Lipinski definition) is 4. The summed E-state index contributed by atoms with van der Waals surface area (Å²) in [6.07, 6.45) is 3.07. The van der Waals surface area contributed by atoms with Gasteiger partial charge in [0.05, 0.1) is 12.4 Å². The van der Waals surface area contributed by atoms with E-state index in [2.05, 4.69) is 20.6 Å². The Labute approximate surface area is 153 Å². The number of para-hydroxylation sites is 1. The monoisotopic (exact) mass is 346 g/mol. The number of benzene rings is 2. The topological polar surface area (TPSA) is 66.9 Å². The second-order valence-electron chi connectivity index (χ2n) is 6.29. The molecule has 2 aromatic carbocycles. The zero-order chi connectivity index (χ0) is 18.5. The summed E-state index contributed by atoms with van der Waals surface area (Å²) in [5, 5.41) is 6.15. The second-order valence-corrected chi connectivity index (χ2v) is 6.29. The van der Waals surface area contributed by atoms with Gasteiger partial charge >= 0.3 is 0 Å². The Morgan fingerprint density at radius 3 is 2.23 bits per heavy atom. The zero-order valence-corrected chi connectivity index (χ0v) is 15.2. The van der Waals surface area contributed by atoms with Crippen molar-refractivity contribution in [3.63, 3.8) is 0 Å².